The van der Waals surface area contributed by atoms with Crippen molar-refractivity contribution in [1.29, 1.82) is 5.26 Å². The van der Waals surface area contributed by atoms with Gasteiger partial charge >= 0.3 is 0 Å². The summed E-state index contributed by atoms with van der Waals surface area (Å²) in [5, 5.41) is 9.37. The molecule has 0 amide bonds. The highest BCUT2D eigenvalue weighted by Crippen LogP contribution is 2.39. The summed E-state index contributed by atoms with van der Waals surface area (Å²) in [4.78, 5) is 27.3. The third-order valence-corrected chi connectivity index (χ3v) is 6.37. The molecule has 7 rings (SSSR count). The van der Waals surface area contributed by atoms with Crippen LogP contribution in [0.3, 0.4) is 0 Å². The van der Waals surface area contributed by atoms with Crippen LogP contribution in [0.5, 0.6) is 5.75 Å². The van der Waals surface area contributed by atoms with E-state index in [-0.39, 0.29) is 6.04 Å². The molecule has 5 heterocycles. The molecule has 1 unspecified atom stereocenters. The van der Waals surface area contributed by atoms with Crippen molar-refractivity contribution in [2.75, 3.05) is 6.61 Å². The van der Waals surface area contributed by atoms with Crippen LogP contribution >= 0.6 is 0 Å². The zero-order valence-corrected chi connectivity index (χ0v) is 18.9. The SMILES string of the molecule is N#Cc1ccc2ncn(-c3ncc4nc(-c5cncnc5)n(C5CCOc6ccccc65)c4n3)c2c1. The number of ether oxygens (including phenoxy) is 1. The molecule has 0 spiro atoms. The predicted octanol–water partition coefficient (Wildman–Crippen LogP) is 3.87. The number of nitrogens with zero attached hydrogens (tertiary/aromatic N) is 9. The molecule has 1 aliphatic heterocycles. The first-order valence-corrected chi connectivity index (χ1v) is 11.4. The highest BCUT2D eigenvalue weighted by Gasteiger charge is 2.28. The van der Waals surface area contributed by atoms with Crippen molar-refractivity contribution in [3.8, 4) is 29.2 Å². The maximum atomic E-state index is 9.37. The van der Waals surface area contributed by atoms with Crippen LogP contribution in [0.15, 0.2) is 73.7 Å². The summed E-state index contributed by atoms with van der Waals surface area (Å²) in [6.07, 6.45) is 9.13. The van der Waals surface area contributed by atoms with E-state index in [1.54, 1.807) is 41.6 Å². The highest BCUT2D eigenvalue weighted by molar-refractivity contribution is 5.80. The third kappa shape index (κ3) is 3.10. The van der Waals surface area contributed by atoms with Crippen molar-refractivity contribution < 1.29 is 4.74 Å². The van der Waals surface area contributed by atoms with E-state index < -0.39 is 0 Å². The molecule has 0 aliphatic carbocycles. The Kier molecular flexibility index (Phi) is 4.47. The standard InChI is InChI=1S/C26H17N9O/c27-10-16-5-6-19-22(9-16)34(15-31-19)26-30-13-20-25(33-26)35(24(32-20)17-11-28-14-29-12-17)21-7-8-36-23-4-2-1-3-18(21)23/h1-6,9,11-15,21H,7-8H2. The van der Waals surface area contributed by atoms with Crippen LogP contribution in [0, 0.1) is 11.3 Å². The van der Waals surface area contributed by atoms with Crippen molar-refractivity contribution in [1.82, 2.24) is 39.0 Å². The Hall–Kier alpha value is -5.17. The van der Waals surface area contributed by atoms with E-state index >= 15 is 0 Å². The Bertz CT molecular complexity index is 1800. The minimum absolute atomic E-state index is 0.0531. The van der Waals surface area contributed by atoms with Gasteiger partial charge in [-0.3, -0.25) is 4.57 Å². The summed E-state index contributed by atoms with van der Waals surface area (Å²) in [5.74, 6) is 2.00. The monoisotopic (exact) mass is 471 g/mol. The first kappa shape index (κ1) is 20.2. The van der Waals surface area contributed by atoms with Gasteiger partial charge in [0.1, 0.15) is 29.7 Å². The molecule has 10 nitrogen and oxygen atoms in total. The summed E-state index contributed by atoms with van der Waals surface area (Å²) < 4.78 is 9.85. The van der Waals surface area contributed by atoms with Gasteiger partial charge in [-0.05, 0) is 24.3 Å². The number of hydrogen-bond acceptors (Lipinski definition) is 8. The van der Waals surface area contributed by atoms with Crippen LogP contribution in [0.2, 0.25) is 0 Å². The van der Waals surface area contributed by atoms with Crippen molar-refractivity contribution >= 4 is 22.2 Å². The smallest absolute Gasteiger partial charge is 0.237 e. The van der Waals surface area contributed by atoms with Gasteiger partial charge in [-0.25, -0.2) is 24.9 Å². The number of rotatable bonds is 3. The van der Waals surface area contributed by atoms with E-state index in [1.807, 2.05) is 24.3 Å². The number of fused-ring (bicyclic) bond motifs is 3. The third-order valence-electron chi connectivity index (χ3n) is 6.37. The number of nitriles is 1. The van der Waals surface area contributed by atoms with Gasteiger partial charge in [-0.15, -0.1) is 0 Å². The van der Waals surface area contributed by atoms with Crippen LogP contribution in [0.25, 0.3) is 39.5 Å². The van der Waals surface area contributed by atoms with Gasteiger partial charge in [-0.2, -0.15) is 10.2 Å². The maximum absolute atomic E-state index is 9.37. The topological polar surface area (TPSA) is 120 Å². The van der Waals surface area contributed by atoms with E-state index in [2.05, 4.69) is 36.6 Å². The number of para-hydroxylation sites is 1. The lowest BCUT2D eigenvalue weighted by molar-refractivity contribution is 0.258. The summed E-state index contributed by atoms with van der Waals surface area (Å²) >= 11 is 0. The molecule has 36 heavy (non-hydrogen) atoms. The summed E-state index contributed by atoms with van der Waals surface area (Å²) in [7, 11) is 0. The molecule has 1 atom stereocenters. The Balaban J connectivity index is 1.48. The Morgan fingerprint density at radius 3 is 2.75 bits per heavy atom. The zero-order valence-electron chi connectivity index (χ0n) is 18.9. The average molecular weight is 471 g/mol. The average Bonchev–Trinajstić information content (AvgIpc) is 3.54. The first-order chi connectivity index (χ1) is 17.8. The molecular formula is C26H17N9O. The predicted molar refractivity (Wildman–Crippen MR) is 130 cm³/mol. The highest BCUT2D eigenvalue weighted by atomic mass is 16.5. The zero-order chi connectivity index (χ0) is 24.1. The molecule has 10 heteroatoms. The van der Waals surface area contributed by atoms with E-state index in [9.17, 15) is 5.26 Å². The fourth-order valence-corrected chi connectivity index (χ4v) is 4.74. The van der Waals surface area contributed by atoms with Crippen LogP contribution in [-0.2, 0) is 0 Å². The Labute approximate surface area is 204 Å². The van der Waals surface area contributed by atoms with Gasteiger partial charge in [0.25, 0.3) is 0 Å². The second-order valence-electron chi connectivity index (χ2n) is 8.43. The lowest BCUT2D eigenvalue weighted by Gasteiger charge is -2.28. The number of benzene rings is 2. The van der Waals surface area contributed by atoms with Crippen molar-refractivity contribution in [2.24, 2.45) is 0 Å². The molecule has 0 fully saturated rings. The fourth-order valence-electron chi connectivity index (χ4n) is 4.74. The molecule has 0 radical (unpaired) electrons. The second kappa shape index (κ2) is 7.95. The van der Waals surface area contributed by atoms with E-state index in [0.717, 1.165) is 34.3 Å². The van der Waals surface area contributed by atoms with Crippen LogP contribution in [0.1, 0.15) is 23.6 Å². The fraction of sp³-hybridized carbons (Fsp3) is 0.115. The molecule has 0 N–H and O–H groups in total. The molecule has 2 aromatic carbocycles. The Morgan fingerprint density at radius 1 is 0.972 bits per heavy atom. The summed E-state index contributed by atoms with van der Waals surface area (Å²) in [5.41, 5.74) is 5.24. The Morgan fingerprint density at radius 2 is 1.86 bits per heavy atom. The molecule has 4 aromatic heterocycles. The van der Waals surface area contributed by atoms with Gasteiger partial charge in [-0.1, -0.05) is 18.2 Å². The second-order valence-corrected chi connectivity index (χ2v) is 8.43. The van der Waals surface area contributed by atoms with Gasteiger partial charge in [0.15, 0.2) is 5.65 Å². The van der Waals surface area contributed by atoms with E-state index in [0.29, 0.717) is 35.1 Å². The van der Waals surface area contributed by atoms with Gasteiger partial charge in [0.05, 0.1) is 47.1 Å². The quantitative estimate of drug-likeness (QED) is 0.381. The van der Waals surface area contributed by atoms with Crippen LogP contribution < -0.4 is 4.74 Å². The molecule has 172 valence electrons. The van der Waals surface area contributed by atoms with Crippen LogP contribution in [-0.4, -0.2) is 45.6 Å². The number of imidazole rings is 2. The van der Waals surface area contributed by atoms with Crippen molar-refractivity contribution in [3.63, 3.8) is 0 Å². The molecule has 6 aromatic rings. The van der Waals surface area contributed by atoms with Crippen LogP contribution in [0.4, 0.5) is 0 Å². The maximum Gasteiger partial charge on any atom is 0.237 e. The molecule has 0 saturated heterocycles. The molecular weight excluding hydrogens is 454 g/mol. The molecule has 0 saturated carbocycles. The van der Waals surface area contributed by atoms with Crippen molar-refractivity contribution in [3.05, 3.63) is 84.8 Å². The lowest BCUT2D eigenvalue weighted by atomic mass is 10.00. The normalized spacial score (nSPS) is 14.9. The first-order valence-electron chi connectivity index (χ1n) is 11.4. The van der Waals surface area contributed by atoms with Crippen molar-refractivity contribution in [2.45, 2.75) is 12.5 Å². The van der Waals surface area contributed by atoms with Gasteiger partial charge in [0.2, 0.25) is 5.95 Å². The summed E-state index contributed by atoms with van der Waals surface area (Å²) in [6, 6.07) is 15.5. The van der Waals surface area contributed by atoms with E-state index in [4.69, 9.17) is 14.7 Å². The van der Waals surface area contributed by atoms with Gasteiger partial charge in [0, 0.05) is 24.4 Å². The van der Waals surface area contributed by atoms with Gasteiger partial charge < -0.3 is 9.30 Å². The lowest BCUT2D eigenvalue weighted by Crippen LogP contribution is -2.21. The molecule has 0 bridgehead atoms. The largest absolute Gasteiger partial charge is 0.493 e. The minimum Gasteiger partial charge on any atom is -0.493 e. The van der Waals surface area contributed by atoms with E-state index in [1.165, 1.54) is 6.33 Å². The minimum atomic E-state index is -0.0531. The molecule has 1 aliphatic rings. The summed E-state index contributed by atoms with van der Waals surface area (Å²) in [6.45, 7) is 0.577. The number of hydrogen-bond donors (Lipinski definition) is 0. The number of aromatic nitrogens is 8.